The van der Waals surface area contributed by atoms with Gasteiger partial charge in [-0.3, -0.25) is 14.3 Å². The average Bonchev–Trinajstić information content (AvgIpc) is 3.30. The number of pyridine rings is 1. The second kappa shape index (κ2) is 16.2. The number of rotatable bonds is 19. The summed E-state index contributed by atoms with van der Waals surface area (Å²) in [6.45, 7) is 6.47. The van der Waals surface area contributed by atoms with Gasteiger partial charge in [0.2, 0.25) is 0 Å². The van der Waals surface area contributed by atoms with Crippen LogP contribution in [0.4, 0.5) is 5.82 Å². The van der Waals surface area contributed by atoms with Gasteiger partial charge in [-0.15, -0.1) is 0 Å². The maximum atomic E-state index is 12.6. The smallest absolute Gasteiger partial charge is 0.328 e. The number of aromatic amines is 1. The quantitative estimate of drug-likeness (QED) is 0.101. The highest BCUT2D eigenvalue weighted by Gasteiger charge is 2.15. The molecule has 0 atom stereocenters. The molecule has 13 nitrogen and oxygen atoms in total. The van der Waals surface area contributed by atoms with Crippen molar-refractivity contribution in [2.75, 3.05) is 38.6 Å². The Morgan fingerprint density at radius 2 is 1.86 bits per heavy atom. The van der Waals surface area contributed by atoms with Crippen LogP contribution >= 0.6 is 0 Å². The fourth-order valence-corrected chi connectivity index (χ4v) is 4.39. The number of carboxylic acid groups (broad SMARTS) is 1. The van der Waals surface area contributed by atoms with E-state index in [0.717, 1.165) is 55.6 Å². The van der Waals surface area contributed by atoms with E-state index in [9.17, 15) is 9.59 Å². The molecule has 230 valence electrons. The Kier molecular flexibility index (Phi) is 11.9. The highest BCUT2D eigenvalue weighted by atomic mass is 16.5. The summed E-state index contributed by atoms with van der Waals surface area (Å²) in [5.41, 5.74) is 9.01. The van der Waals surface area contributed by atoms with Gasteiger partial charge >= 0.3 is 17.7 Å². The minimum Gasteiger partial charge on any atom is -0.492 e. The Morgan fingerprint density at radius 3 is 2.63 bits per heavy atom. The lowest BCUT2D eigenvalue weighted by Crippen LogP contribution is -2.23. The lowest BCUT2D eigenvalue weighted by atomic mass is 10.1. The van der Waals surface area contributed by atoms with E-state index in [4.69, 9.17) is 20.3 Å². The summed E-state index contributed by atoms with van der Waals surface area (Å²) >= 11 is 0. The van der Waals surface area contributed by atoms with Gasteiger partial charge in [-0.05, 0) is 61.7 Å². The van der Waals surface area contributed by atoms with Gasteiger partial charge in [-0.2, -0.15) is 9.97 Å². The number of carboxylic acids is 1. The SMILES string of the molecule is CCCCOc1nc(N)c2[nH]c(=O)n(Cc3ccc(CNCCCCNCCOc4cccc(CC(=O)O)c4)nc3)c2n1. The van der Waals surface area contributed by atoms with E-state index in [1.165, 1.54) is 4.57 Å². The van der Waals surface area contributed by atoms with Gasteiger partial charge in [0.05, 0.1) is 25.3 Å². The van der Waals surface area contributed by atoms with E-state index in [1.54, 1.807) is 24.4 Å². The molecular weight excluding hydrogens is 552 g/mol. The Balaban J connectivity index is 1.13. The molecule has 0 aliphatic rings. The molecule has 0 saturated carbocycles. The van der Waals surface area contributed by atoms with Gasteiger partial charge in [-0.1, -0.05) is 31.5 Å². The first-order valence-corrected chi connectivity index (χ1v) is 14.6. The number of ether oxygens (including phenoxy) is 2. The first-order valence-electron chi connectivity index (χ1n) is 14.6. The molecule has 3 heterocycles. The van der Waals surface area contributed by atoms with Crippen LogP contribution in [-0.2, 0) is 24.3 Å². The Labute approximate surface area is 249 Å². The monoisotopic (exact) mass is 592 g/mol. The van der Waals surface area contributed by atoms with Gasteiger partial charge in [-0.25, -0.2) is 4.79 Å². The van der Waals surface area contributed by atoms with Crippen LogP contribution in [-0.4, -0.2) is 68.4 Å². The normalized spacial score (nSPS) is 11.2. The topological polar surface area (TPSA) is 182 Å². The third-order valence-electron chi connectivity index (χ3n) is 6.65. The molecule has 0 fully saturated rings. The first kappa shape index (κ1) is 31.4. The highest BCUT2D eigenvalue weighted by Crippen LogP contribution is 2.19. The zero-order valence-corrected chi connectivity index (χ0v) is 24.5. The Hall–Kier alpha value is -4.49. The largest absolute Gasteiger partial charge is 0.492 e. The van der Waals surface area contributed by atoms with E-state index in [-0.39, 0.29) is 23.9 Å². The van der Waals surface area contributed by atoms with Crippen LogP contribution in [0.25, 0.3) is 11.2 Å². The van der Waals surface area contributed by atoms with Crippen molar-refractivity contribution >= 4 is 23.0 Å². The van der Waals surface area contributed by atoms with E-state index in [0.29, 0.717) is 49.8 Å². The molecule has 0 spiro atoms. The molecule has 0 aliphatic heterocycles. The second-order valence-corrected chi connectivity index (χ2v) is 10.2. The maximum absolute atomic E-state index is 12.6. The lowest BCUT2D eigenvalue weighted by molar-refractivity contribution is -0.136. The number of nitrogens with one attached hydrogen (secondary N) is 3. The average molecular weight is 593 g/mol. The number of nitrogens with two attached hydrogens (primary N) is 1. The van der Waals surface area contributed by atoms with Crippen molar-refractivity contribution in [2.24, 2.45) is 0 Å². The minimum absolute atomic E-state index is 0.0119. The summed E-state index contributed by atoms with van der Waals surface area (Å²) in [6.07, 6.45) is 5.64. The van der Waals surface area contributed by atoms with Crippen molar-refractivity contribution in [2.45, 2.75) is 52.1 Å². The molecule has 13 heteroatoms. The second-order valence-electron chi connectivity index (χ2n) is 10.2. The lowest BCUT2D eigenvalue weighted by Gasteiger charge is -2.09. The van der Waals surface area contributed by atoms with Gasteiger partial charge in [0.15, 0.2) is 11.5 Å². The zero-order valence-electron chi connectivity index (χ0n) is 24.5. The molecule has 0 amide bonds. The number of H-pyrrole nitrogens is 1. The van der Waals surface area contributed by atoms with Crippen molar-refractivity contribution in [3.05, 3.63) is 69.9 Å². The molecule has 0 aliphatic carbocycles. The molecule has 6 N–H and O–H groups in total. The number of unbranched alkanes of at least 4 members (excludes halogenated alkanes) is 2. The number of carbonyl (C=O) groups is 1. The molecule has 43 heavy (non-hydrogen) atoms. The summed E-state index contributed by atoms with van der Waals surface area (Å²) in [7, 11) is 0. The third kappa shape index (κ3) is 9.79. The predicted molar refractivity (Wildman–Crippen MR) is 163 cm³/mol. The van der Waals surface area contributed by atoms with Crippen LogP contribution in [0.15, 0.2) is 47.4 Å². The summed E-state index contributed by atoms with van der Waals surface area (Å²) in [6, 6.07) is 11.2. The number of nitrogens with zero attached hydrogens (tertiary/aromatic N) is 4. The van der Waals surface area contributed by atoms with E-state index in [1.807, 2.05) is 18.2 Å². The molecule has 1 aromatic carbocycles. The number of aliphatic carboxylic acids is 1. The van der Waals surface area contributed by atoms with Crippen molar-refractivity contribution in [1.29, 1.82) is 0 Å². The van der Waals surface area contributed by atoms with Crippen molar-refractivity contribution < 1.29 is 19.4 Å². The molecular formula is C30H40N8O5. The minimum atomic E-state index is -0.857. The summed E-state index contributed by atoms with van der Waals surface area (Å²) in [5, 5.41) is 15.7. The first-order chi connectivity index (χ1) is 20.9. The Bertz CT molecular complexity index is 1520. The zero-order chi connectivity index (χ0) is 30.4. The summed E-state index contributed by atoms with van der Waals surface area (Å²) < 4.78 is 12.8. The number of hydrogen-bond acceptors (Lipinski definition) is 10. The molecule has 0 radical (unpaired) electrons. The van der Waals surface area contributed by atoms with Crippen molar-refractivity contribution in [1.82, 2.24) is 35.1 Å². The Morgan fingerprint density at radius 1 is 1.02 bits per heavy atom. The van der Waals surface area contributed by atoms with E-state index in [2.05, 4.69) is 37.5 Å². The van der Waals surface area contributed by atoms with Crippen molar-refractivity contribution in [3.63, 3.8) is 0 Å². The van der Waals surface area contributed by atoms with Crippen LogP contribution < -0.4 is 31.5 Å². The van der Waals surface area contributed by atoms with Crippen LogP contribution in [0.3, 0.4) is 0 Å². The molecule has 4 rings (SSSR count). The fourth-order valence-electron chi connectivity index (χ4n) is 4.39. The number of nitrogen functional groups attached to an aromatic ring is 1. The van der Waals surface area contributed by atoms with Gasteiger partial charge in [0.1, 0.15) is 17.9 Å². The maximum Gasteiger partial charge on any atom is 0.328 e. The highest BCUT2D eigenvalue weighted by molar-refractivity contribution is 5.82. The molecule has 0 unspecified atom stereocenters. The summed E-state index contributed by atoms with van der Waals surface area (Å²) in [4.78, 5) is 39.3. The molecule has 3 aromatic heterocycles. The van der Waals surface area contributed by atoms with Crippen molar-refractivity contribution in [3.8, 4) is 11.8 Å². The van der Waals surface area contributed by atoms with Crippen LogP contribution in [0.2, 0.25) is 0 Å². The van der Waals surface area contributed by atoms with E-state index >= 15 is 0 Å². The molecule has 0 saturated heterocycles. The summed E-state index contributed by atoms with van der Waals surface area (Å²) in [5.74, 6) is -0.00142. The fraction of sp³-hybridized carbons (Fsp3) is 0.433. The third-order valence-corrected chi connectivity index (χ3v) is 6.65. The number of benzene rings is 1. The van der Waals surface area contributed by atoms with Gasteiger partial charge < -0.3 is 35.9 Å². The predicted octanol–water partition coefficient (Wildman–Crippen LogP) is 2.49. The number of anilines is 1. The van der Waals surface area contributed by atoms with Crippen LogP contribution in [0, 0.1) is 0 Å². The van der Waals surface area contributed by atoms with Gasteiger partial charge in [0, 0.05) is 19.3 Å². The molecule has 0 bridgehead atoms. The van der Waals surface area contributed by atoms with Crippen LogP contribution in [0.1, 0.15) is 49.4 Å². The standard InChI is InChI=1S/C30H40N8O5/c1-2-3-14-43-29-36-27(31)26-28(37-29)38(30(41)35-26)20-22-9-10-23(34-18-22)19-33-12-5-4-11-32-13-15-42-24-8-6-7-21(16-24)17-25(39)40/h6-10,16,18,32-33H,2-5,11-15,17,19-20H2,1H3,(H,35,41)(H,39,40)(H2,31,36,37). The number of imidazole rings is 1. The number of fused-ring (bicyclic) bond motifs is 1. The van der Waals surface area contributed by atoms with Gasteiger partial charge in [0.25, 0.3) is 0 Å². The molecule has 4 aromatic rings. The number of hydrogen-bond donors (Lipinski definition) is 5. The number of aromatic nitrogens is 5. The van der Waals surface area contributed by atoms with Crippen LogP contribution in [0.5, 0.6) is 11.8 Å². The van der Waals surface area contributed by atoms with E-state index < -0.39 is 5.97 Å².